The summed E-state index contributed by atoms with van der Waals surface area (Å²) in [5.41, 5.74) is 1.57. The maximum Gasteiger partial charge on any atom is 0.245 e. The summed E-state index contributed by atoms with van der Waals surface area (Å²) in [6.45, 7) is 1.62. The molecule has 1 saturated heterocycles. The minimum Gasteiger partial charge on any atom is -0.341 e. The van der Waals surface area contributed by atoms with Gasteiger partial charge in [0.2, 0.25) is 5.91 Å². The number of nitrogens with zero attached hydrogens (tertiary/aromatic N) is 2. The lowest BCUT2D eigenvalue weighted by Crippen LogP contribution is -2.30. The molecule has 0 N–H and O–H groups in total. The summed E-state index contributed by atoms with van der Waals surface area (Å²) in [4.78, 5) is 18.7. The van der Waals surface area contributed by atoms with E-state index in [-0.39, 0.29) is 5.91 Å². The zero-order valence-electron chi connectivity index (χ0n) is 10.9. The van der Waals surface area contributed by atoms with Crippen molar-refractivity contribution in [2.75, 3.05) is 13.1 Å². The quantitative estimate of drug-likeness (QED) is 0.767. The van der Waals surface area contributed by atoms with Crippen molar-refractivity contribution in [2.45, 2.75) is 18.2 Å². The Morgan fingerprint density at radius 3 is 2.80 bits per heavy atom. The number of rotatable bonds is 2. The third kappa shape index (κ3) is 2.42. The number of pyridine rings is 1. The molecule has 1 atom stereocenters. The number of aromatic nitrogens is 1. The summed E-state index contributed by atoms with van der Waals surface area (Å²) < 4.78 is 0.960. The predicted molar refractivity (Wildman–Crippen MR) is 83.9 cm³/mol. The van der Waals surface area contributed by atoms with Crippen LogP contribution in [0.4, 0.5) is 0 Å². The van der Waals surface area contributed by atoms with E-state index in [9.17, 15) is 4.79 Å². The molecule has 1 aromatic carbocycles. The van der Waals surface area contributed by atoms with Gasteiger partial charge in [0, 0.05) is 34.7 Å². The van der Waals surface area contributed by atoms with Crippen LogP contribution in [0.3, 0.4) is 0 Å². The number of carbonyl (C=O) groups is 1. The third-order valence-electron chi connectivity index (χ3n) is 3.66. The number of fused-ring (bicyclic) bond motifs is 1. The number of benzene rings is 1. The van der Waals surface area contributed by atoms with Gasteiger partial charge >= 0.3 is 0 Å². The second kappa shape index (κ2) is 5.70. The van der Waals surface area contributed by atoms with Crippen molar-refractivity contribution in [3.63, 3.8) is 0 Å². The molecule has 1 amide bonds. The highest BCUT2D eigenvalue weighted by Gasteiger charge is 2.27. The van der Waals surface area contributed by atoms with Crippen LogP contribution in [0.1, 0.15) is 23.8 Å². The van der Waals surface area contributed by atoms with Crippen LogP contribution in [-0.2, 0) is 4.79 Å². The third-order valence-corrected chi connectivity index (χ3v) is 4.77. The molecule has 1 fully saturated rings. The van der Waals surface area contributed by atoms with Gasteiger partial charge in [0.05, 0.1) is 5.52 Å². The Kier molecular flexibility index (Phi) is 3.94. The van der Waals surface area contributed by atoms with Gasteiger partial charge in [0.1, 0.15) is 5.38 Å². The molecule has 104 valence electrons. The van der Waals surface area contributed by atoms with E-state index in [1.165, 1.54) is 0 Å². The van der Waals surface area contributed by atoms with Gasteiger partial charge in [-0.3, -0.25) is 9.78 Å². The average Bonchev–Trinajstić information content (AvgIpc) is 3.01. The largest absolute Gasteiger partial charge is 0.341 e. The van der Waals surface area contributed by atoms with E-state index in [0.717, 1.165) is 46.9 Å². The Bertz CT molecular complexity index is 655. The minimum absolute atomic E-state index is 0.0153. The molecule has 3 nitrogen and oxygen atoms in total. The Morgan fingerprint density at radius 1 is 1.30 bits per heavy atom. The first-order valence-electron chi connectivity index (χ1n) is 6.64. The average molecular weight is 354 g/mol. The highest BCUT2D eigenvalue weighted by atomic mass is 79.9. The number of likely N-dealkylation sites (tertiary alicyclic amines) is 1. The van der Waals surface area contributed by atoms with Gasteiger partial charge in [0.15, 0.2) is 0 Å². The van der Waals surface area contributed by atoms with Gasteiger partial charge in [-0.2, -0.15) is 0 Å². The van der Waals surface area contributed by atoms with Gasteiger partial charge in [0.25, 0.3) is 0 Å². The highest BCUT2D eigenvalue weighted by molar-refractivity contribution is 9.10. The van der Waals surface area contributed by atoms with E-state index in [4.69, 9.17) is 11.6 Å². The maximum absolute atomic E-state index is 12.4. The number of halogens is 2. The lowest BCUT2D eigenvalue weighted by molar-refractivity contribution is -0.129. The molecule has 20 heavy (non-hydrogen) atoms. The van der Waals surface area contributed by atoms with Gasteiger partial charge < -0.3 is 4.90 Å². The molecular weight excluding hydrogens is 340 g/mol. The van der Waals surface area contributed by atoms with Crippen molar-refractivity contribution < 1.29 is 4.79 Å². The fourth-order valence-corrected chi connectivity index (χ4v) is 3.36. The molecule has 0 aliphatic carbocycles. The zero-order chi connectivity index (χ0) is 14.1. The van der Waals surface area contributed by atoms with Crippen molar-refractivity contribution in [1.29, 1.82) is 0 Å². The normalized spacial score (nSPS) is 16.6. The molecule has 1 unspecified atom stereocenters. The standard InChI is InChI=1S/C15H14BrClN2O/c16-12-6-5-11(14-10(12)4-3-7-18-14)13(17)15(20)19-8-1-2-9-19/h3-7,13H,1-2,8-9H2. The first kappa shape index (κ1) is 13.8. The fourth-order valence-electron chi connectivity index (χ4n) is 2.60. The topological polar surface area (TPSA) is 33.2 Å². The molecule has 1 aliphatic rings. The number of hydrogen-bond donors (Lipinski definition) is 0. The first-order valence-corrected chi connectivity index (χ1v) is 7.87. The molecule has 5 heteroatoms. The number of carbonyl (C=O) groups excluding carboxylic acids is 1. The number of hydrogen-bond acceptors (Lipinski definition) is 2. The Morgan fingerprint density at radius 2 is 2.05 bits per heavy atom. The smallest absolute Gasteiger partial charge is 0.245 e. The highest BCUT2D eigenvalue weighted by Crippen LogP contribution is 2.33. The van der Waals surface area contributed by atoms with Crippen molar-refractivity contribution in [3.8, 4) is 0 Å². The maximum atomic E-state index is 12.4. The van der Waals surface area contributed by atoms with Crippen molar-refractivity contribution >= 4 is 44.3 Å². The molecule has 0 saturated carbocycles. The second-order valence-electron chi connectivity index (χ2n) is 4.93. The van der Waals surface area contributed by atoms with Crippen LogP contribution in [-0.4, -0.2) is 28.9 Å². The Hall–Kier alpha value is -1.13. The summed E-state index contributed by atoms with van der Waals surface area (Å²) in [6.07, 6.45) is 3.85. The lowest BCUT2D eigenvalue weighted by atomic mass is 10.1. The van der Waals surface area contributed by atoms with E-state index in [0.29, 0.717) is 0 Å². The van der Waals surface area contributed by atoms with Crippen molar-refractivity contribution in [3.05, 3.63) is 40.5 Å². The number of amides is 1. The SMILES string of the molecule is O=C(C(Cl)c1ccc(Br)c2cccnc12)N1CCCC1. The molecule has 3 rings (SSSR count). The Labute approximate surface area is 131 Å². The Balaban J connectivity index is 2.01. The fraction of sp³-hybridized carbons (Fsp3) is 0.333. The lowest BCUT2D eigenvalue weighted by Gasteiger charge is -2.20. The van der Waals surface area contributed by atoms with Crippen molar-refractivity contribution in [2.24, 2.45) is 0 Å². The van der Waals surface area contributed by atoms with Crippen molar-refractivity contribution in [1.82, 2.24) is 9.88 Å². The van der Waals surface area contributed by atoms with Gasteiger partial charge in [-0.15, -0.1) is 11.6 Å². The molecule has 1 aliphatic heterocycles. The zero-order valence-corrected chi connectivity index (χ0v) is 13.2. The molecule has 0 bridgehead atoms. The van der Waals surface area contributed by atoms with Crippen LogP contribution >= 0.6 is 27.5 Å². The van der Waals surface area contributed by atoms with Crippen LogP contribution in [0.2, 0.25) is 0 Å². The van der Waals surface area contributed by atoms with Crippen LogP contribution in [0.15, 0.2) is 34.9 Å². The van der Waals surface area contributed by atoms with Crippen LogP contribution in [0.5, 0.6) is 0 Å². The summed E-state index contributed by atoms with van der Waals surface area (Å²) in [5, 5.41) is 0.309. The van der Waals surface area contributed by atoms with E-state index in [1.807, 2.05) is 29.2 Å². The van der Waals surface area contributed by atoms with Crippen LogP contribution < -0.4 is 0 Å². The molecular formula is C15H14BrClN2O. The van der Waals surface area contributed by atoms with E-state index < -0.39 is 5.38 Å². The van der Waals surface area contributed by atoms with Crippen LogP contribution in [0, 0.1) is 0 Å². The molecule has 2 heterocycles. The molecule has 2 aromatic rings. The summed E-state index contributed by atoms with van der Waals surface area (Å²) in [5.74, 6) is -0.0153. The van der Waals surface area contributed by atoms with Gasteiger partial charge in [-0.1, -0.05) is 28.1 Å². The second-order valence-corrected chi connectivity index (χ2v) is 6.22. The summed E-state index contributed by atoms with van der Waals surface area (Å²) >= 11 is 9.93. The van der Waals surface area contributed by atoms with E-state index in [2.05, 4.69) is 20.9 Å². The van der Waals surface area contributed by atoms with Gasteiger partial charge in [-0.25, -0.2) is 0 Å². The molecule has 0 spiro atoms. The van der Waals surface area contributed by atoms with E-state index in [1.54, 1.807) is 6.20 Å². The van der Waals surface area contributed by atoms with E-state index >= 15 is 0 Å². The summed E-state index contributed by atoms with van der Waals surface area (Å²) in [6, 6.07) is 7.65. The van der Waals surface area contributed by atoms with Crippen LogP contribution in [0.25, 0.3) is 10.9 Å². The first-order chi connectivity index (χ1) is 9.68. The molecule has 1 aromatic heterocycles. The number of alkyl halides is 1. The predicted octanol–water partition coefficient (Wildman–Crippen LogP) is 3.90. The molecule has 0 radical (unpaired) electrons. The minimum atomic E-state index is -0.668. The summed E-state index contributed by atoms with van der Waals surface area (Å²) in [7, 11) is 0. The van der Waals surface area contributed by atoms with Gasteiger partial charge in [-0.05, 0) is 25.0 Å². The monoisotopic (exact) mass is 352 g/mol.